The van der Waals surface area contributed by atoms with Crippen molar-refractivity contribution in [2.75, 3.05) is 6.54 Å². The maximum atomic E-state index is 12.6. The molecular formula is C20H18BrN3OS2. The van der Waals surface area contributed by atoms with Crippen LogP contribution in [0.25, 0.3) is 20.7 Å². The van der Waals surface area contributed by atoms with Gasteiger partial charge < -0.3 is 4.98 Å². The maximum absolute atomic E-state index is 12.6. The Labute approximate surface area is 173 Å². The summed E-state index contributed by atoms with van der Waals surface area (Å²) in [5.41, 5.74) is 1.04. The van der Waals surface area contributed by atoms with Gasteiger partial charge in [-0.1, -0.05) is 37.3 Å². The highest BCUT2D eigenvalue weighted by Crippen LogP contribution is 2.30. The Morgan fingerprint density at radius 3 is 2.63 bits per heavy atom. The van der Waals surface area contributed by atoms with Gasteiger partial charge in [-0.3, -0.25) is 9.69 Å². The van der Waals surface area contributed by atoms with Crippen molar-refractivity contribution >= 4 is 48.8 Å². The average molecular weight is 460 g/mol. The summed E-state index contributed by atoms with van der Waals surface area (Å²) in [5, 5.41) is 0.660. The minimum absolute atomic E-state index is 0.0663. The summed E-state index contributed by atoms with van der Waals surface area (Å²) in [6, 6.07) is 16.2. The number of nitrogens with one attached hydrogen (secondary N) is 1. The van der Waals surface area contributed by atoms with Gasteiger partial charge in [-0.2, -0.15) is 0 Å². The van der Waals surface area contributed by atoms with E-state index in [4.69, 9.17) is 4.98 Å². The van der Waals surface area contributed by atoms with Gasteiger partial charge in [0, 0.05) is 16.3 Å². The van der Waals surface area contributed by atoms with Crippen molar-refractivity contribution < 1.29 is 0 Å². The first-order chi connectivity index (χ1) is 13.1. The fourth-order valence-corrected chi connectivity index (χ4v) is 5.53. The molecule has 4 aromatic rings. The van der Waals surface area contributed by atoms with Crippen LogP contribution >= 0.6 is 38.6 Å². The number of rotatable bonds is 6. The summed E-state index contributed by atoms with van der Waals surface area (Å²) >= 11 is 6.81. The summed E-state index contributed by atoms with van der Waals surface area (Å²) in [4.78, 5) is 25.7. The molecule has 4 rings (SSSR count). The number of H-pyrrole nitrogens is 1. The van der Waals surface area contributed by atoms with Gasteiger partial charge in [0.15, 0.2) is 0 Å². The Morgan fingerprint density at radius 2 is 1.93 bits per heavy atom. The molecule has 0 amide bonds. The zero-order valence-electron chi connectivity index (χ0n) is 14.7. The van der Waals surface area contributed by atoms with Crippen LogP contribution in [0.4, 0.5) is 0 Å². The summed E-state index contributed by atoms with van der Waals surface area (Å²) in [6.07, 6.45) is 0. The second-order valence-corrected chi connectivity index (χ2v) is 9.80. The number of aromatic amines is 1. The number of fused-ring (bicyclic) bond motifs is 1. The summed E-state index contributed by atoms with van der Waals surface area (Å²) in [6.45, 7) is 4.47. The molecule has 138 valence electrons. The highest BCUT2D eigenvalue weighted by atomic mass is 79.9. The average Bonchev–Trinajstić information content (AvgIpc) is 3.28. The normalized spacial score (nSPS) is 11.5. The van der Waals surface area contributed by atoms with Gasteiger partial charge in [-0.25, -0.2) is 4.98 Å². The van der Waals surface area contributed by atoms with Crippen LogP contribution in [0, 0.1) is 0 Å². The van der Waals surface area contributed by atoms with Crippen LogP contribution in [0.1, 0.15) is 17.6 Å². The van der Waals surface area contributed by atoms with Crippen LogP contribution in [0.3, 0.4) is 0 Å². The van der Waals surface area contributed by atoms with Crippen molar-refractivity contribution in [2.45, 2.75) is 20.0 Å². The molecule has 1 aromatic carbocycles. The molecule has 0 saturated heterocycles. The number of nitrogens with zero attached hydrogens (tertiary/aromatic N) is 2. The fraction of sp³-hybridized carbons (Fsp3) is 0.200. The molecule has 0 radical (unpaired) electrons. The van der Waals surface area contributed by atoms with Crippen molar-refractivity contribution in [3.05, 3.63) is 73.4 Å². The molecule has 1 N–H and O–H groups in total. The second kappa shape index (κ2) is 8.06. The summed E-state index contributed by atoms with van der Waals surface area (Å²) < 4.78 is 1.13. The van der Waals surface area contributed by atoms with E-state index in [0.717, 1.165) is 32.1 Å². The van der Waals surface area contributed by atoms with E-state index in [2.05, 4.69) is 57.0 Å². The predicted octanol–water partition coefficient (Wildman–Crippen LogP) is 5.50. The van der Waals surface area contributed by atoms with Crippen molar-refractivity contribution in [3.63, 3.8) is 0 Å². The summed E-state index contributed by atoms with van der Waals surface area (Å²) in [5.74, 6) is 0.714. The maximum Gasteiger partial charge on any atom is 0.259 e. The lowest BCUT2D eigenvalue weighted by Gasteiger charge is -2.18. The van der Waals surface area contributed by atoms with Crippen LogP contribution < -0.4 is 5.56 Å². The highest BCUT2D eigenvalue weighted by molar-refractivity contribution is 9.11. The molecular weight excluding hydrogens is 442 g/mol. The van der Waals surface area contributed by atoms with Crippen molar-refractivity contribution in [3.8, 4) is 10.4 Å². The SMILES string of the molecule is CCN(Cc1nc2sc(-c3ccccc3)cc2c(=O)[nH]1)Cc1ccc(Br)s1. The molecule has 0 aliphatic heterocycles. The van der Waals surface area contributed by atoms with Crippen LogP contribution in [-0.2, 0) is 13.1 Å². The first-order valence-electron chi connectivity index (χ1n) is 8.67. The molecule has 0 spiro atoms. The molecule has 7 heteroatoms. The minimum Gasteiger partial charge on any atom is -0.309 e. The zero-order chi connectivity index (χ0) is 18.8. The van der Waals surface area contributed by atoms with Crippen molar-refractivity contribution in [2.24, 2.45) is 0 Å². The van der Waals surface area contributed by atoms with E-state index in [1.807, 2.05) is 24.3 Å². The van der Waals surface area contributed by atoms with Gasteiger partial charge >= 0.3 is 0 Å². The van der Waals surface area contributed by atoms with E-state index in [9.17, 15) is 4.79 Å². The Kier molecular flexibility index (Phi) is 5.54. The van der Waals surface area contributed by atoms with Crippen LogP contribution in [-0.4, -0.2) is 21.4 Å². The third kappa shape index (κ3) is 4.21. The Morgan fingerprint density at radius 1 is 1.11 bits per heavy atom. The first-order valence-corrected chi connectivity index (χ1v) is 11.1. The topological polar surface area (TPSA) is 49.0 Å². The standard InChI is InChI=1S/C20H18BrN3OS2/c1-2-24(11-14-8-9-17(21)26-14)12-18-22-19(25)15-10-16(27-20(15)23-18)13-6-4-3-5-7-13/h3-10H,2,11-12H2,1H3,(H,22,23,25). The molecule has 0 unspecified atom stereocenters. The Balaban J connectivity index is 1.61. The lowest BCUT2D eigenvalue weighted by molar-refractivity contribution is 0.267. The van der Waals surface area contributed by atoms with Gasteiger partial charge in [0.2, 0.25) is 0 Å². The number of aromatic nitrogens is 2. The van der Waals surface area contributed by atoms with Gasteiger partial charge in [-0.05, 0) is 46.2 Å². The molecule has 0 saturated carbocycles. The molecule has 0 fully saturated rings. The monoisotopic (exact) mass is 459 g/mol. The van der Waals surface area contributed by atoms with Crippen molar-refractivity contribution in [1.29, 1.82) is 0 Å². The Bertz CT molecular complexity index is 1120. The van der Waals surface area contributed by atoms with Gasteiger partial charge in [0.25, 0.3) is 5.56 Å². The molecule has 0 atom stereocenters. The molecule has 3 aromatic heterocycles. The molecule has 3 heterocycles. The minimum atomic E-state index is -0.0663. The van der Waals surface area contributed by atoms with Gasteiger partial charge in [-0.15, -0.1) is 22.7 Å². The summed E-state index contributed by atoms with van der Waals surface area (Å²) in [7, 11) is 0. The first kappa shape index (κ1) is 18.6. The van der Waals surface area contributed by atoms with Crippen LogP contribution in [0.5, 0.6) is 0 Å². The molecule has 4 nitrogen and oxygen atoms in total. The molecule has 0 aliphatic carbocycles. The molecule has 0 aliphatic rings. The molecule has 27 heavy (non-hydrogen) atoms. The van der Waals surface area contributed by atoms with Crippen LogP contribution in [0.2, 0.25) is 0 Å². The molecule has 0 bridgehead atoms. The van der Waals surface area contributed by atoms with E-state index >= 15 is 0 Å². The van der Waals surface area contributed by atoms with Gasteiger partial charge in [0.1, 0.15) is 10.7 Å². The largest absolute Gasteiger partial charge is 0.309 e. The zero-order valence-corrected chi connectivity index (χ0v) is 18.0. The van der Waals surface area contributed by atoms with E-state index < -0.39 is 0 Å². The van der Waals surface area contributed by atoms with E-state index in [1.165, 1.54) is 4.88 Å². The number of hydrogen-bond acceptors (Lipinski definition) is 5. The fourth-order valence-electron chi connectivity index (χ4n) is 2.94. The highest BCUT2D eigenvalue weighted by Gasteiger charge is 2.13. The third-order valence-electron chi connectivity index (χ3n) is 4.34. The lowest BCUT2D eigenvalue weighted by atomic mass is 10.2. The van der Waals surface area contributed by atoms with E-state index in [-0.39, 0.29) is 5.56 Å². The van der Waals surface area contributed by atoms with Crippen molar-refractivity contribution in [1.82, 2.24) is 14.9 Å². The number of halogens is 1. The lowest BCUT2D eigenvalue weighted by Crippen LogP contribution is -2.24. The number of hydrogen-bond donors (Lipinski definition) is 1. The number of thiophene rings is 2. The van der Waals surface area contributed by atoms with Crippen LogP contribution in [0.15, 0.2) is 57.1 Å². The van der Waals surface area contributed by atoms with Gasteiger partial charge in [0.05, 0.1) is 15.7 Å². The second-order valence-electron chi connectivity index (χ2n) is 6.22. The number of benzene rings is 1. The van der Waals surface area contributed by atoms with E-state index in [1.54, 1.807) is 22.7 Å². The van der Waals surface area contributed by atoms with E-state index in [0.29, 0.717) is 17.8 Å². The predicted molar refractivity (Wildman–Crippen MR) is 117 cm³/mol. The smallest absolute Gasteiger partial charge is 0.259 e. The Hall–Kier alpha value is -1.80. The quantitative estimate of drug-likeness (QED) is 0.414. The third-order valence-corrected chi connectivity index (χ3v) is 7.03.